The van der Waals surface area contributed by atoms with E-state index in [0.29, 0.717) is 17.7 Å². The van der Waals surface area contributed by atoms with Crippen LogP contribution >= 0.6 is 15.9 Å². The summed E-state index contributed by atoms with van der Waals surface area (Å²) >= 11 is 3.18. The number of pyridine rings is 1. The van der Waals surface area contributed by atoms with Gasteiger partial charge in [0.1, 0.15) is 5.67 Å². The second-order valence-electron chi connectivity index (χ2n) is 4.08. The second-order valence-corrected chi connectivity index (χ2v) is 5.00. The monoisotopic (exact) mass is 291 g/mol. The predicted octanol–water partition coefficient (Wildman–Crippen LogP) is 3.20. The largest absolute Gasteiger partial charge is 0.381 e. The van der Waals surface area contributed by atoms with E-state index in [9.17, 15) is 8.78 Å². The van der Waals surface area contributed by atoms with Crippen LogP contribution in [0.3, 0.4) is 0 Å². The first kappa shape index (κ1) is 11.9. The van der Waals surface area contributed by atoms with Crippen LogP contribution in [-0.4, -0.2) is 18.2 Å². The van der Waals surface area contributed by atoms with Crippen molar-refractivity contribution in [3.8, 4) is 0 Å². The van der Waals surface area contributed by atoms with Crippen molar-refractivity contribution >= 4 is 15.9 Å². The van der Waals surface area contributed by atoms with Gasteiger partial charge in [-0.25, -0.2) is 9.37 Å². The smallest absolute Gasteiger partial charge is 0.219 e. The fourth-order valence-corrected chi connectivity index (χ4v) is 2.30. The highest BCUT2D eigenvalue weighted by Gasteiger charge is 2.43. The molecule has 0 saturated carbocycles. The molecule has 1 fully saturated rings. The zero-order chi connectivity index (χ0) is 11.8. The quantitative estimate of drug-likeness (QED) is 0.742. The number of hydrogen-bond acceptors (Lipinski definition) is 2. The van der Waals surface area contributed by atoms with Crippen molar-refractivity contribution in [1.29, 1.82) is 0 Å². The molecule has 5 heteroatoms. The van der Waals surface area contributed by atoms with E-state index in [1.165, 1.54) is 12.3 Å². The predicted molar refractivity (Wildman–Crippen MR) is 59.3 cm³/mol. The van der Waals surface area contributed by atoms with Crippen LogP contribution in [0.25, 0.3) is 0 Å². The summed E-state index contributed by atoms with van der Waals surface area (Å²) in [5, 5.41) is 0. The highest BCUT2D eigenvalue weighted by Crippen LogP contribution is 2.41. The van der Waals surface area contributed by atoms with Crippen LogP contribution in [0.1, 0.15) is 18.9 Å². The van der Waals surface area contributed by atoms with Gasteiger partial charge < -0.3 is 4.74 Å². The molecular formula is C11H12BrF2NO. The van der Waals surface area contributed by atoms with E-state index < -0.39 is 11.6 Å². The summed E-state index contributed by atoms with van der Waals surface area (Å²) < 4.78 is 34.1. The van der Waals surface area contributed by atoms with Crippen molar-refractivity contribution in [3.05, 3.63) is 28.2 Å². The van der Waals surface area contributed by atoms with E-state index in [4.69, 9.17) is 4.74 Å². The number of nitrogens with zero attached hydrogens (tertiary/aromatic N) is 1. The summed E-state index contributed by atoms with van der Waals surface area (Å²) in [5.74, 6) is -1.11. The second kappa shape index (κ2) is 4.37. The Balaban J connectivity index is 2.44. The number of ether oxygens (including phenoxy) is 1. The first-order valence-corrected chi connectivity index (χ1v) is 5.91. The lowest BCUT2D eigenvalue weighted by molar-refractivity contribution is -0.0606. The molecule has 0 aliphatic carbocycles. The van der Waals surface area contributed by atoms with E-state index >= 15 is 0 Å². The number of aromatic nitrogens is 1. The highest BCUT2D eigenvalue weighted by molar-refractivity contribution is 9.10. The van der Waals surface area contributed by atoms with Gasteiger partial charge in [-0.1, -0.05) is 6.92 Å². The van der Waals surface area contributed by atoms with Crippen molar-refractivity contribution in [2.24, 2.45) is 5.92 Å². The summed E-state index contributed by atoms with van der Waals surface area (Å²) in [5.41, 5.74) is -1.66. The molecule has 0 unspecified atom stereocenters. The number of hydrogen-bond donors (Lipinski definition) is 0. The highest BCUT2D eigenvalue weighted by atomic mass is 79.9. The minimum atomic E-state index is -1.68. The Morgan fingerprint density at radius 3 is 3.06 bits per heavy atom. The van der Waals surface area contributed by atoms with Gasteiger partial charge in [0, 0.05) is 35.2 Å². The third-order valence-electron chi connectivity index (χ3n) is 3.01. The molecule has 0 N–H and O–H groups in total. The summed E-state index contributed by atoms with van der Waals surface area (Å²) in [6.45, 7) is 2.34. The van der Waals surface area contributed by atoms with E-state index in [1.807, 2.05) is 0 Å². The Bertz CT molecular complexity index is 402. The molecule has 0 bridgehead atoms. The number of rotatable bonds is 1. The normalized spacial score (nSPS) is 30.4. The maximum atomic E-state index is 14.8. The molecule has 0 radical (unpaired) electrons. The Morgan fingerprint density at radius 2 is 2.38 bits per heavy atom. The lowest BCUT2D eigenvalue weighted by Crippen LogP contribution is -2.38. The van der Waals surface area contributed by atoms with Gasteiger partial charge in [-0.15, -0.1) is 0 Å². The van der Waals surface area contributed by atoms with E-state index in [-0.39, 0.29) is 17.9 Å². The fourth-order valence-electron chi connectivity index (χ4n) is 1.97. The molecule has 1 saturated heterocycles. The van der Waals surface area contributed by atoms with Crippen LogP contribution in [0.2, 0.25) is 0 Å². The summed E-state index contributed by atoms with van der Waals surface area (Å²) in [6.07, 6.45) is 1.50. The molecule has 0 amide bonds. The molecule has 2 nitrogen and oxygen atoms in total. The van der Waals surface area contributed by atoms with Crippen molar-refractivity contribution in [3.63, 3.8) is 0 Å². The molecular weight excluding hydrogens is 280 g/mol. The van der Waals surface area contributed by atoms with Crippen molar-refractivity contribution < 1.29 is 13.5 Å². The van der Waals surface area contributed by atoms with E-state index in [2.05, 4.69) is 20.9 Å². The lowest BCUT2D eigenvalue weighted by atomic mass is 9.81. The lowest BCUT2D eigenvalue weighted by Gasteiger charge is -2.35. The van der Waals surface area contributed by atoms with Crippen molar-refractivity contribution in [1.82, 2.24) is 4.98 Å². The van der Waals surface area contributed by atoms with Crippen LogP contribution in [-0.2, 0) is 10.4 Å². The van der Waals surface area contributed by atoms with Gasteiger partial charge in [0.15, 0.2) is 0 Å². The van der Waals surface area contributed by atoms with Gasteiger partial charge >= 0.3 is 0 Å². The Morgan fingerprint density at radius 1 is 1.62 bits per heavy atom. The Labute approximate surface area is 101 Å². The standard InChI is InChI=1S/C11H12BrF2NO/c1-7-6-16-3-2-11(7,14)9-4-8(12)5-15-10(9)13/h4-5,7H,2-3,6H2,1H3/t7-,11-/m1/s1. The van der Waals surface area contributed by atoms with Crippen molar-refractivity contribution in [2.45, 2.75) is 19.0 Å². The Kier molecular flexibility index (Phi) is 3.26. The SMILES string of the molecule is C[C@@H]1COCC[C@]1(F)c1cc(Br)cnc1F. The molecule has 0 aromatic carbocycles. The third kappa shape index (κ3) is 1.98. The number of alkyl halides is 1. The topological polar surface area (TPSA) is 22.1 Å². The fraction of sp³-hybridized carbons (Fsp3) is 0.545. The first-order valence-electron chi connectivity index (χ1n) is 5.12. The maximum Gasteiger partial charge on any atom is 0.219 e. The summed E-state index contributed by atoms with van der Waals surface area (Å²) in [6, 6.07) is 1.46. The molecule has 88 valence electrons. The first-order chi connectivity index (χ1) is 7.54. The zero-order valence-electron chi connectivity index (χ0n) is 8.84. The zero-order valence-corrected chi connectivity index (χ0v) is 10.4. The van der Waals surface area contributed by atoms with Gasteiger partial charge in [-0.3, -0.25) is 0 Å². The van der Waals surface area contributed by atoms with Crippen molar-refractivity contribution in [2.75, 3.05) is 13.2 Å². The molecule has 2 atom stereocenters. The Hall–Kier alpha value is -0.550. The minimum Gasteiger partial charge on any atom is -0.381 e. The van der Waals surface area contributed by atoms with Crippen LogP contribution in [0.4, 0.5) is 8.78 Å². The van der Waals surface area contributed by atoms with Crippen LogP contribution in [0, 0.1) is 11.9 Å². The average molecular weight is 292 g/mol. The van der Waals surface area contributed by atoms with Gasteiger partial charge in [-0.05, 0) is 22.0 Å². The molecule has 16 heavy (non-hydrogen) atoms. The van der Waals surface area contributed by atoms with Gasteiger partial charge in [0.25, 0.3) is 0 Å². The maximum absolute atomic E-state index is 14.8. The van der Waals surface area contributed by atoms with Gasteiger partial charge in [0.05, 0.1) is 6.61 Å². The molecule has 1 aliphatic rings. The van der Waals surface area contributed by atoms with Gasteiger partial charge in [0.2, 0.25) is 5.95 Å². The van der Waals surface area contributed by atoms with Gasteiger partial charge in [-0.2, -0.15) is 4.39 Å². The van der Waals surface area contributed by atoms with E-state index in [1.54, 1.807) is 6.92 Å². The van der Waals surface area contributed by atoms with E-state index in [0.717, 1.165) is 0 Å². The van der Waals surface area contributed by atoms with Crippen LogP contribution in [0.15, 0.2) is 16.7 Å². The molecule has 2 heterocycles. The molecule has 2 rings (SSSR count). The molecule has 1 aromatic heterocycles. The summed E-state index contributed by atoms with van der Waals surface area (Å²) in [7, 11) is 0. The van der Waals surface area contributed by atoms with Crippen LogP contribution < -0.4 is 0 Å². The summed E-state index contributed by atoms with van der Waals surface area (Å²) in [4.78, 5) is 3.54. The molecule has 0 spiro atoms. The number of halogens is 3. The minimum absolute atomic E-state index is 0.0256. The third-order valence-corrected chi connectivity index (χ3v) is 3.45. The average Bonchev–Trinajstić information content (AvgIpc) is 2.26. The van der Waals surface area contributed by atoms with Crippen LogP contribution in [0.5, 0.6) is 0 Å². The molecule has 1 aromatic rings. The molecule has 1 aliphatic heterocycles.